The van der Waals surface area contributed by atoms with Crippen LogP contribution in [-0.4, -0.2) is 19.8 Å². The highest BCUT2D eigenvalue weighted by Crippen LogP contribution is 2.26. The number of benzene rings is 1. The molecule has 1 saturated carbocycles. The molecule has 3 heteroatoms. The summed E-state index contributed by atoms with van der Waals surface area (Å²) < 4.78 is 10.9. The van der Waals surface area contributed by atoms with E-state index in [0.29, 0.717) is 12.6 Å². The molecule has 2 rings (SSSR count). The van der Waals surface area contributed by atoms with E-state index >= 15 is 0 Å². The van der Waals surface area contributed by atoms with E-state index in [9.17, 15) is 0 Å². The Morgan fingerprint density at radius 3 is 2.89 bits per heavy atom. The van der Waals surface area contributed by atoms with Crippen molar-refractivity contribution in [2.45, 2.75) is 32.4 Å². The van der Waals surface area contributed by atoms with E-state index in [1.165, 1.54) is 12.8 Å². The van der Waals surface area contributed by atoms with Crippen LogP contribution in [0.5, 0.6) is 11.5 Å². The molecule has 0 saturated heterocycles. The maximum atomic E-state index is 5.66. The van der Waals surface area contributed by atoms with Gasteiger partial charge in [-0.3, -0.25) is 0 Å². The molecule has 0 radical (unpaired) electrons. The fourth-order valence-electron chi connectivity index (χ4n) is 1.69. The minimum Gasteiger partial charge on any atom is -0.497 e. The van der Waals surface area contributed by atoms with Crippen LogP contribution in [0, 0.1) is 11.8 Å². The molecule has 3 nitrogen and oxygen atoms in total. The van der Waals surface area contributed by atoms with Crippen molar-refractivity contribution in [3.05, 3.63) is 23.8 Å². The highest BCUT2D eigenvalue weighted by atomic mass is 16.5. The molecule has 1 aliphatic rings. The van der Waals surface area contributed by atoms with Gasteiger partial charge in [-0.2, -0.15) is 0 Å². The monoisotopic (exact) mass is 245 g/mol. The van der Waals surface area contributed by atoms with Gasteiger partial charge in [0.15, 0.2) is 0 Å². The Kier molecular flexibility index (Phi) is 4.49. The van der Waals surface area contributed by atoms with Crippen molar-refractivity contribution in [3.63, 3.8) is 0 Å². The summed E-state index contributed by atoms with van der Waals surface area (Å²) >= 11 is 0. The molecule has 1 aromatic rings. The van der Waals surface area contributed by atoms with Gasteiger partial charge in [0.2, 0.25) is 0 Å². The van der Waals surface area contributed by atoms with E-state index in [0.717, 1.165) is 23.6 Å². The Balaban J connectivity index is 2.05. The Hall–Kier alpha value is -1.66. The normalized spacial score (nSPS) is 13.7. The van der Waals surface area contributed by atoms with E-state index < -0.39 is 0 Å². The Bertz CT molecular complexity index is 455. The quantitative estimate of drug-likeness (QED) is 0.780. The van der Waals surface area contributed by atoms with E-state index in [4.69, 9.17) is 9.47 Å². The summed E-state index contributed by atoms with van der Waals surface area (Å²) in [6.07, 6.45) is 2.56. The molecule has 1 aromatic carbocycles. The summed E-state index contributed by atoms with van der Waals surface area (Å²) in [4.78, 5) is 0. The summed E-state index contributed by atoms with van der Waals surface area (Å²) in [6, 6.07) is 6.55. The first-order chi connectivity index (χ1) is 8.83. The lowest BCUT2D eigenvalue weighted by atomic mass is 10.2. The number of ether oxygens (including phenoxy) is 2. The first-order valence-corrected chi connectivity index (χ1v) is 6.26. The van der Waals surface area contributed by atoms with Crippen molar-refractivity contribution in [1.82, 2.24) is 5.32 Å². The molecule has 0 unspecified atom stereocenters. The third kappa shape index (κ3) is 3.68. The maximum Gasteiger partial charge on any atom is 0.149 e. The fraction of sp³-hybridized carbons (Fsp3) is 0.467. The fourth-order valence-corrected chi connectivity index (χ4v) is 1.69. The molecule has 18 heavy (non-hydrogen) atoms. The summed E-state index contributed by atoms with van der Waals surface area (Å²) in [5.74, 6) is 7.47. The average Bonchev–Trinajstić information content (AvgIpc) is 3.21. The molecule has 96 valence electrons. The highest BCUT2D eigenvalue weighted by Gasteiger charge is 2.20. The van der Waals surface area contributed by atoms with Crippen LogP contribution in [0.1, 0.15) is 25.3 Å². The van der Waals surface area contributed by atoms with Crippen LogP contribution in [0.2, 0.25) is 0 Å². The lowest BCUT2D eigenvalue weighted by Crippen LogP contribution is -2.16. The first-order valence-electron chi connectivity index (χ1n) is 6.26. The van der Waals surface area contributed by atoms with Crippen LogP contribution in [0.3, 0.4) is 0 Å². The van der Waals surface area contributed by atoms with Crippen molar-refractivity contribution in [2.75, 3.05) is 13.7 Å². The lowest BCUT2D eigenvalue weighted by Gasteiger charge is -2.12. The molecular weight excluding hydrogens is 226 g/mol. The molecule has 0 spiro atoms. The summed E-state index contributed by atoms with van der Waals surface area (Å²) in [6.45, 7) is 3.06. The zero-order valence-electron chi connectivity index (χ0n) is 11.0. The van der Waals surface area contributed by atoms with Crippen LogP contribution in [0.25, 0.3) is 0 Å². The number of rotatable bonds is 6. The summed E-state index contributed by atoms with van der Waals surface area (Å²) in [5, 5.41) is 3.48. The van der Waals surface area contributed by atoms with Gasteiger partial charge < -0.3 is 14.8 Å². The molecule has 0 amide bonds. The van der Waals surface area contributed by atoms with E-state index in [-0.39, 0.29) is 0 Å². The zero-order chi connectivity index (χ0) is 12.8. The van der Waals surface area contributed by atoms with Gasteiger partial charge in [-0.1, -0.05) is 5.92 Å². The van der Waals surface area contributed by atoms with Crippen molar-refractivity contribution < 1.29 is 9.47 Å². The van der Waals surface area contributed by atoms with Crippen molar-refractivity contribution >= 4 is 0 Å². The minimum atomic E-state index is 0.430. The van der Waals surface area contributed by atoms with Gasteiger partial charge in [0, 0.05) is 18.2 Å². The standard InChI is InChI=1S/C15H19NO2/c1-3-4-9-18-15-8-7-14(17-2)10-12(15)11-16-13-5-6-13/h7-8,10,13,16H,5-6,9,11H2,1-2H3. The van der Waals surface area contributed by atoms with Gasteiger partial charge in [-0.25, -0.2) is 0 Å². The second-order valence-corrected chi connectivity index (χ2v) is 4.34. The Morgan fingerprint density at radius 1 is 1.39 bits per heavy atom. The van der Waals surface area contributed by atoms with E-state index in [2.05, 4.69) is 17.2 Å². The third-order valence-corrected chi connectivity index (χ3v) is 2.90. The van der Waals surface area contributed by atoms with Crippen LogP contribution < -0.4 is 14.8 Å². The molecule has 0 aromatic heterocycles. The molecule has 1 N–H and O–H groups in total. The molecule has 1 aliphatic carbocycles. The predicted octanol–water partition coefficient (Wildman–Crippen LogP) is 2.35. The first kappa shape index (κ1) is 12.8. The summed E-state index contributed by atoms with van der Waals surface area (Å²) in [7, 11) is 1.68. The molecular formula is C15H19NO2. The lowest BCUT2D eigenvalue weighted by molar-refractivity contribution is 0.361. The topological polar surface area (TPSA) is 30.5 Å². The van der Waals surface area contributed by atoms with Gasteiger partial charge in [-0.15, -0.1) is 5.92 Å². The second kappa shape index (κ2) is 6.32. The molecule has 0 atom stereocenters. The number of hydrogen-bond donors (Lipinski definition) is 1. The molecule has 0 heterocycles. The Labute approximate surface area is 108 Å². The van der Waals surface area contributed by atoms with Gasteiger partial charge in [0.25, 0.3) is 0 Å². The highest BCUT2D eigenvalue weighted by molar-refractivity contribution is 5.40. The van der Waals surface area contributed by atoms with Crippen LogP contribution in [0.15, 0.2) is 18.2 Å². The number of hydrogen-bond acceptors (Lipinski definition) is 3. The maximum absolute atomic E-state index is 5.66. The van der Waals surface area contributed by atoms with Gasteiger partial charge in [-0.05, 0) is 38.0 Å². The second-order valence-electron chi connectivity index (χ2n) is 4.34. The molecule has 1 fully saturated rings. The van der Waals surface area contributed by atoms with Crippen LogP contribution >= 0.6 is 0 Å². The smallest absolute Gasteiger partial charge is 0.149 e. The minimum absolute atomic E-state index is 0.430. The third-order valence-electron chi connectivity index (χ3n) is 2.90. The SMILES string of the molecule is CC#CCOc1ccc(OC)cc1CNC1CC1. The van der Waals surface area contributed by atoms with Gasteiger partial charge >= 0.3 is 0 Å². The van der Waals surface area contributed by atoms with Crippen LogP contribution in [0.4, 0.5) is 0 Å². The zero-order valence-corrected chi connectivity index (χ0v) is 11.0. The van der Waals surface area contributed by atoms with Gasteiger partial charge in [0.05, 0.1) is 7.11 Å². The number of nitrogens with one attached hydrogen (secondary N) is 1. The van der Waals surface area contributed by atoms with Gasteiger partial charge in [0.1, 0.15) is 18.1 Å². The average molecular weight is 245 g/mol. The number of methoxy groups -OCH3 is 1. The predicted molar refractivity (Wildman–Crippen MR) is 71.8 cm³/mol. The molecule has 0 bridgehead atoms. The molecule has 0 aliphatic heterocycles. The Morgan fingerprint density at radius 2 is 2.22 bits per heavy atom. The van der Waals surface area contributed by atoms with Crippen LogP contribution in [-0.2, 0) is 6.54 Å². The van der Waals surface area contributed by atoms with E-state index in [1.807, 2.05) is 25.1 Å². The van der Waals surface area contributed by atoms with Crippen molar-refractivity contribution in [2.24, 2.45) is 0 Å². The van der Waals surface area contributed by atoms with E-state index in [1.54, 1.807) is 7.11 Å². The summed E-state index contributed by atoms with van der Waals surface area (Å²) in [5.41, 5.74) is 1.12. The van der Waals surface area contributed by atoms with Crippen molar-refractivity contribution in [3.8, 4) is 23.3 Å². The van der Waals surface area contributed by atoms with Crippen molar-refractivity contribution in [1.29, 1.82) is 0 Å². The largest absolute Gasteiger partial charge is 0.497 e.